The lowest BCUT2D eigenvalue weighted by atomic mass is 9.70. The van der Waals surface area contributed by atoms with Crippen LogP contribution in [0, 0.1) is 34.0 Å². The molecule has 80 heavy (non-hydrogen) atoms. The summed E-state index contributed by atoms with van der Waals surface area (Å²) in [6.45, 7) is 48.5. The summed E-state index contributed by atoms with van der Waals surface area (Å²) in [5, 5.41) is 5.45. The summed E-state index contributed by atoms with van der Waals surface area (Å²) in [4.78, 5) is 0. The highest BCUT2D eigenvalue weighted by Crippen LogP contribution is 2.41. The van der Waals surface area contributed by atoms with Crippen LogP contribution in [0.1, 0.15) is 277 Å². The van der Waals surface area contributed by atoms with Crippen LogP contribution < -0.4 is 0 Å². The summed E-state index contributed by atoms with van der Waals surface area (Å²) in [5.74, 6) is 3.03. The maximum atomic E-state index is 2.43. The molecule has 3 aliphatic carbocycles. The van der Waals surface area contributed by atoms with Crippen LogP contribution in [0.5, 0.6) is 0 Å². The molecule has 3 saturated carbocycles. The Hall–Kier alpha value is -4.16. The van der Waals surface area contributed by atoms with E-state index in [2.05, 4.69) is 291 Å². The number of hydrogen-bond acceptors (Lipinski definition) is 0. The predicted molar refractivity (Wildman–Crippen MR) is 363 cm³/mol. The molecule has 0 bridgehead atoms. The van der Waals surface area contributed by atoms with Crippen LogP contribution in [0.25, 0.3) is 21.5 Å². The Morgan fingerprint density at radius 2 is 0.613 bits per heavy atom. The Morgan fingerprint density at radius 3 is 0.950 bits per heavy atom. The molecule has 3 fully saturated rings. The van der Waals surface area contributed by atoms with Crippen molar-refractivity contribution in [1.29, 1.82) is 0 Å². The maximum Gasteiger partial charge on any atom is -0.0100 e. The highest BCUT2D eigenvalue weighted by Gasteiger charge is 2.29. The smallest absolute Gasteiger partial charge is 0.0100 e. The fourth-order valence-electron chi connectivity index (χ4n) is 11.9. The molecule has 0 heterocycles. The second-order valence-corrected chi connectivity index (χ2v) is 30.5. The highest BCUT2D eigenvalue weighted by molar-refractivity contribution is 5.87. The standard InChI is InChI=1S/C15H18.C14H16.C11H22.C11H16.C10H20.C10H14.C9H18/c1-4-15(2,3)14-11-7-9-12-8-5-6-10-13(12)14;1-14(2,3)13-10-6-8-11-7-4-5-9-12(11)13;2*1-4-11(2,3)10-8-6-5-7-9-10;2*1-10(2,3)9-7-5-4-6-8-9;1-9(2,3)8-6-4-5-7-8/h5-11H,4H2,1-3H3;4-10H,1-3H3;10H,4-9H2,1-3H3;5-9H,4H2,1-3H3;9H,4-8H2,1-3H3;4-8H,1-3H3;8H,4-7H2,1-3H3. The molecule has 0 aromatic heterocycles. The van der Waals surface area contributed by atoms with Crippen LogP contribution in [0.4, 0.5) is 0 Å². The maximum absolute atomic E-state index is 2.43. The minimum Gasteiger partial charge on any atom is -0.0649 e. The summed E-state index contributed by atoms with van der Waals surface area (Å²) in [7, 11) is 0. The summed E-state index contributed by atoms with van der Waals surface area (Å²) in [6.07, 6.45) is 24.4. The van der Waals surface area contributed by atoms with E-state index in [0.29, 0.717) is 27.1 Å². The molecule has 0 nitrogen and oxygen atoms in total. The first kappa shape index (κ1) is 70.1. The van der Waals surface area contributed by atoms with Gasteiger partial charge in [0.15, 0.2) is 0 Å². The molecule has 0 heteroatoms. The van der Waals surface area contributed by atoms with Gasteiger partial charge >= 0.3 is 0 Å². The lowest BCUT2D eigenvalue weighted by molar-refractivity contribution is 0.152. The summed E-state index contributed by atoms with van der Waals surface area (Å²) in [5.41, 5.74) is 8.60. The highest BCUT2D eigenvalue weighted by atomic mass is 14.3. The average molecular weight is 1090 g/mol. The van der Waals surface area contributed by atoms with Crippen LogP contribution >= 0.6 is 0 Å². The summed E-state index contributed by atoms with van der Waals surface area (Å²) < 4.78 is 0. The second kappa shape index (κ2) is 32.6. The Morgan fingerprint density at radius 1 is 0.287 bits per heavy atom. The topological polar surface area (TPSA) is 0 Å². The molecule has 0 radical (unpaired) electrons. The summed E-state index contributed by atoms with van der Waals surface area (Å²) >= 11 is 0. The van der Waals surface area contributed by atoms with E-state index in [-0.39, 0.29) is 10.8 Å². The normalized spacial score (nSPS) is 15.9. The van der Waals surface area contributed by atoms with Crippen molar-refractivity contribution in [3.63, 3.8) is 0 Å². The van der Waals surface area contributed by atoms with Gasteiger partial charge in [0, 0.05) is 0 Å². The molecule has 9 rings (SSSR count). The van der Waals surface area contributed by atoms with Gasteiger partial charge in [0.05, 0.1) is 0 Å². The van der Waals surface area contributed by atoms with Crippen molar-refractivity contribution in [2.45, 2.75) is 276 Å². The molecule has 3 aliphatic rings. The van der Waals surface area contributed by atoms with E-state index in [0.717, 1.165) is 17.8 Å². The molecule has 0 amide bonds. The van der Waals surface area contributed by atoms with Crippen LogP contribution in [0.15, 0.2) is 146 Å². The predicted octanol–water partition coefficient (Wildman–Crippen LogP) is 25.9. The van der Waals surface area contributed by atoms with Crippen molar-refractivity contribution in [3.8, 4) is 0 Å². The van der Waals surface area contributed by atoms with Gasteiger partial charge in [-0.2, -0.15) is 0 Å². The molecule has 0 unspecified atom stereocenters. The third-order valence-electron chi connectivity index (χ3n) is 19.1. The Labute approximate surface area is 497 Å². The molecule has 444 valence electrons. The van der Waals surface area contributed by atoms with Crippen molar-refractivity contribution in [2.75, 3.05) is 0 Å². The van der Waals surface area contributed by atoms with Gasteiger partial charge in [-0.05, 0) is 151 Å². The van der Waals surface area contributed by atoms with Crippen molar-refractivity contribution in [3.05, 3.63) is 168 Å². The van der Waals surface area contributed by atoms with E-state index in [1.165, 1.54) is 153 Å². The average Bonchev–Trinajstić information content (AvgIpc) is 4.01. The molecular weight excluding hydrogens is 961 g/mol. The molecular formula is C80H124. The third kappa shape index (κ3) is 24.0. The van der Waals surface area contributed by atoms with Crippen LogP contribution in [0.2, 0.25) is 0 Å². The van der Waals surface area contributed by atoms with Crippen molar-refractivity contribution >= 4 is 21.5 Å². The fourth-order valence-corrected chi connectivity index (χ4v) is 11.9. The van der Waals surface area contributed by atoms with Gasteiger partial charge in [0.1, 0.15) is 0 Å². The minimum absolute atomic E-state index is 0.223. The van der Waals surface area contributed by atoms with Crippen molar-refractivity contribution in [2.24, 2.45) is 34.0 Å². The fraction of sp³-hybridized carbons (Fsp3) is 0.600. The number of fused-ring (bicyclic) bond motifs is 2. The summed E-state index contributed by atoms with van der Waals surface area (Å²) in [6, 6.07) is 51.6. The van der Waals surface area contributed by atoms with Gasteiger partial charge < -0.3 is 0 Å². The zero-order valence-electron chi connectivity index (χ0n) is 56.1. The van der Waals surface area contributed by atoms with E-state index < -0.39 is 0 Å². The first-order valence-electron chi connectivity index (χ1n) is 32.5. The van der Waals surface area contributed by atoms with Crippen LogP contribution in [0.3, 0.4) is 0 Å². The van der Waals surface area contributed by atoms with Gasteiger partial charge in [-0.1, -0.05) is 349 Å². The lowest BCUT2D eigenvalue weighted by Crippen LogP contribution is -2.25. The zero-order valence-corrected chi connectivity index (χ0v) is 56.1. The van der Waals surface area contributed by atoms with E-state index >= 15 is 0 Å². The van der Waals surface area contributed by atoms with Gasteiger partial charge in [-0.25, -0.2) is 0 Å². The minimum atomic E-state index is 0.223. The quantitative estimate of drug-likeness (QED) is 0.156. The molecule has 0 saturated heterocycles. The number of rotatable bonds is 6. The van der Waals surface area contributed by atoms with E-state index in [4.69, 9.17) is 0 Å². The van der Waals surface area contributed by atoms with Crippen molar-refractivity contribution in [1.82, 2.24) is 0 Å². The van der Waals surface area contributed by atoms with Gasteiger partial charge in [0.25, 0.3) is 0 Å². The van der Waals surface area contributed by atoms with Crippen LogP contribution in [-0.4, -0.2) is 0 Å². The molecule has 0 spiro atoms. The lowest BCUT2D eigenvalue weighted by Gasteiger charge is -2.36. The Kier molecular flexibility index (Phi) is 28.6. The largest absolute Gasteiger partial charge is 0.0649 e. The number of benzene rings is 6. The second-order valence-electron chi connectivity index (χ2n) is 30.5. The van der Waals surface area contributed by atoms with Gasteiger partial charge in [0.2, 0.25) is 0 Å². The molecule has 0 atom stereocenters. The van der Waals surface area contributed by atoms with E-state index in [9.17, 15) is 0 Å². The van der Waals surface area contributed by atoms with E-state index in [1.807, 2.05) is 0 Å². The molecule has 0 N–H and O–H groups in total. The molecule has 6 aromatic rings. The van der Waals surface area contributed by atoms with Gasteiger partial charge in [-0.15, -0.1) is 0 Å². The first-order chi connectivity index (χ1) is 37.4. The third-order valence-corrected chi connectivity index (χ3v) is 19.1. The van der Waals surface area contributed by atoms with Gasteiger partial charge in [-0.3, -0.25) is 0 Å². The molecule has 0 aliphatic heterocycles. The van der Waals surface area contributed by atoms with E-state index in [1.54, 1.807) is 0 Å². The zero-order chi connectivity index (χ0) is 59.8. The SMILES string of the molecule is CC(C)(C)C1CCCC1.CC(C)(C)C1CCCCC1.CC(C)(C)c1cccc2ccccc12.CC(C)(C)c1ccccc1.CCC(C)(C)C1CCCCC1.CCC(C)(C)c1cccc2ccccc12.CCC(C)(C)c1ccccc1. The van der Waals surface area contributed by atoms with Crippen LogP contribution in [-0.2, 0) is 21.7 Å². The monoisotopic (exact) mass is 1080 g/mol. The Bertz CT molecular complexity index is 2540. The Balaban J connectivity index is 0.000000247. The first-order valence-corrected chi connectivity index (χ1v) is 32.5. The number of hydrogen-bond donors (Lipinski definition) is 0. The van der Waals surface area contributed by atoms with Crippen molar-refractivity contribution < 1.29 is 0 Å². The molecule has 6 aromatic carbocycles.